The van der Waals surface area contributed by atoms with Crippen molar-refractivity contribution >= 4 is 11.9 Å². The van der Waals surface area contributed by atoms with Gasteiger partial charge in [0.15, 0.2) is 0 Å². The molecule has 8 heavy (non-hydrogen) atoms. The Kier molecular flexibility index (Phi) is 17.2. The standard InChI is InChI=1S/C2H2O4.Rb.Ti/c3-1(4)2(5)6;;/h(H,3,4)(H,5,6);;/q;+1;+2/p-2. The summed E-state index contributed by atoms with van der Waals surface area (Å²) in [4.78, 5) is 17.9. The fourth-order valence-corrected chi connectivity index (χ4v) is 0. The molecule has 0 saturated heterocycles. The van der Waals surface area contributed by atoms with Crippen LogP contribution >= 0.6 is 0 Å². The Morgan fingerprint density at radius 3 is 1.12 bits per heavy atom. The second-order valence-electron chi connectivity index (χ2n) is 0.575. The average molecular weight is 221 g/mol. The molecule has 0 saturated carbocycles. The predicted octanol–water partition coefficient (Wildman–Crippen LogP) is -6.51. The molecule has 0 amide bonds. The number of carboxylic acid groups (broad SMARTS) is 2. The van der Waals surface area contributed by atoms with Gasteiger partial charge in [0.05, 0.1) is 11.9 Å². The third kappa shape index (κ3) is 10.4. The number of hydrogen-bond acceptors (Lipinski definition) is 4. The molecular formula is C2O4RbTi+. The van der Waals surface area contributed by atoms with Crippen LogP contribution in [0.3, 0.4) is 0 Å². The van der Waals surface area contributed by atoms with Gasteiger partial charge in [-0.15, -0.1) is 0 Å². The first kappa shape index (κ1) is 16.2. The van der Waals surface area contributed by atoms with Gasteiger partial charge in [-0.25, -0.2) is 0 Å². The van der Waals surface area contributed by atoms with Crippen LogP contribution in [-0.4, -0.2) is 11.9 Å². The minimum absolute atomic E-state index is 0. The largest absolute Gasteiger partial charge is 2.00 e. The summed E-state index contributed by atoms with van der Waals surface area (Å²) in [5.41, 5.74) is 0. The number of aliphatic carboxylic acids is 2. The minimum Gasteiger partial charge on any atom is -0.543 e. The van der Waals surface area contributed by atoms with Crippen molar-refractivity contribution in [2.75, 3.05) is 0 Å². The van der Waals surface area contributed by atoms with Gasteiger partial charge >= 0.3 is 79.9 Å². The van der Waals surface area contributed by atoms with Crippen molar-refractivity contribution < 1.29 is 99.7 Å². The zero-order valence-corrected chi connectivity index (χ0v) is 10.6. The third-order valence-electron chi connectivity index (χ3n) is 0.167. The SMILES string of the molecule is O=C([O-])C(=O)[O-].[Rb+].[Ti+2]. The molecule has 0 spiro atoms. The van der Waals surface area contributed by atoms with E-state index in [0.29, 0.717) is 0 Å². The topological polar surface area (TPSA) is 80.3 Å². The molecule has 0 radical (unpaired) electrons. The van der Waals surface area contributed by atoms with Crippen molar-refractivity contribution in [2.45, 2.75) is 0 Å². The van der Waals surface area contributed by atoms with E-state index in [1.807, 2.05) is 0 Å². The molecule has 0 heterocycles. The van der Waals surface area contributed by atoms with Crippen molar-refractivity contribution in [3.63, 3.8) is 0 Å². The van der Waals surface area contributed by atoms with E-state index >= 15 is 0 Å². The summed E-state index contributed by atoms with van der Waals surface area (Å²) in [5.74, 6) is -4.37. The number of carbonyl (C=O) groups is 2. The molecule has 0 fully saturated rings. The molecule has 0 unspecified atom stereocenters. The van der Waals surface area contributed by atoms with E-state index in [0.717, 1.165) is 0 Å². The van der Waals surface area contributed by atoms with Crippen LogP contribution in [0.2, 0.25) is 0 Å². The van der Waals surface area contributed by atoms with E-state index < -0.39 is 11.9 Å². The van der Waals surface area contributed by atoms with Crippen molar-refractivity contribution in [2.24, 2.45) is 0 Å². The molecule has 4 nitrogen and oxygen atoms in total. The van der Waals surface area contributed by atoms with Gasteiger partial charge in [-0.1, -0.05) is 0 Å². The summed E-state index contributed by atoms with van der Waals surface area (Å²) < 4.78 is 0. The zero-order valence-electron chi connectivity index (χ0n) is 4.13. The predicted molar refractivity (Wildman–Crippen MR) is 10.0 cm³/mol. The molecule has 0 bridgehead atoms. The minimum atomic E-state index is -2.19. The Morgan fingerprint density at radius 2 is 1.12 bits per heavy atom. The van der Waals surface area contributed by atoms with Crippen LogP contribution in [0.5, 0.6) is 0 Å². The first-order valence-electron chi connectivity index (χ1n) is 1.07. The molecule has 0 aromatic rings. The van der Waals surface area contributed by atoms with E-state index in [4.69, 9.17) is 19.8 Å². The Hall–Kier alpha value is 1.46. The average Bonchev–Trinajstić information content (AvgIpc) is 1.36. The van der Waals surface area contributed by atoms with Crippen molar-refractivity contribution in [1.29, 1.82) is 0 Å². The Labute approximate surface area is 109 Å². The van der Waals surface area contributed by atoms with Crippen LogP contribution in [0.15, 0.2) is 0 Å². The quantitative estimate of drug-likeness (QED) is 0.301. The molecule has 6 heteroatoms. The molecule has 0 rings (SSSR count). The normalized spacial score (nSPS) is 5.50. The van der Waals surface area contributed by atoms with Gasteiger partial charge < -0.3 is 19.8 Å². The van der Waals surface area contributed by atoms with Crippen LogP contribution in [0.4, 0.5) is 0 Å². The maximum atomic E-state index is 8.93. The van der Waals surface area contributed by atoms with Gasteiger partial charge in [0.1, 0.15) is 0 Å². The number of hydrogen-bond donors (Lipinski definition) is 0. The molecule has 0 aromatic carbocycles. The molecule has 0 aliphatic carbocycles. The molecule has 0 aliphatic heterocycles. The van der Waals surface area contributed by atoms with Crippen molar-refractivity contribution in [3.05, 3.63) is 0 Å². The summed E-state index contributed by atoms with van der Waals surface area (Å²) in [7, 11) is 0. The Balaban J connectivity index is -0.000000125. The molecular weight excluding hydrogens is 221 g/mol. The van der Waals surface area contributed by atoms with Crippen LogP contribution in [0.1, 0.15) is 0 Å². The Bertz CT molecular complexity index is 80.0. The first-order valence-corrected chi connectivity index (χ1v) is 1.07. The van der Waals surface area contributed by atoms with Gasteiger partial charge in [-0.3, -0.25) is 0 Å². The molecule has 36 valence electrons. The van der Waals surface area contributed by atoms with Crippen molar-refractivity contribution in [3.8, 4) is 0 Å². The second-order valence-corrected chi connectivity index (χ2v) is 0.575. The van der Waals surface area contributed by atoms with Gasteiger partial charge in [-0.05, 0) is 0 Å². The fourth-order valence-electron chi connectivity index (χ4n) is 0. The van der Waals surface area contributed by atoms with E-state index in [1.165, 1.54) is 0 Å². The van der Waals surface area contributed by atoms with E-state index in [-0.39, 0.29) is 79.9 Å². The van der Waals surface area contributed by atoms with Crippen LogP contribution in [0, 0.1) is 0 Å². The molecule has 0 N–H and O–H groups in total. The van der Waals surface area contributed by atoms with Gasteiger partial charge in [0, 0.05) is 0 Å². The Morgan fingerprint density at radius 1 is 1.00 bits per heavy atom. The van der Waals surface area contributed by atoms with Crippen LogP contribution < -0.4 is 68.4 Å². The molecule has 0 atom stereocenters. The van der Waals surface area contributed by atoms with Gasteiger partial charge in [0.2, 0.25) is 0 Å². The van der Waals surface area contributed by atoms with Crippen LogP contribution in [-0.2, 0) is 31.3 Å². The third-order valence-corrected chi connectivity index (χ3v) is 0.167. The van der Waals surface area contributed by atoms with E-state index in [2.05, 4.69) is 0 Å². The molecule has 0 aromatic heterocycles. The number of rotatable bonds is 0. The maximum absolute atomic E-state index is 8.93. The van der Waals surface area contributed by atoms with Crippen LogP contribution in [0.25, 0.3) is 0 Å². The molecule has 0 aliphatic rings. The smallest absolute Gasteiger partial charge is 0.543 e. The summed E-state index contributed by atoms with van der Waals surface area (Å²) in [5, 5.41) is 17.9. The van der Waals surface area contributed by atoms with E-state index in [9.17, 15) is 0 Å². The van der Waals surface area contributed by atoms with E-state index in [1.54, 1.807) is 0 Å². The van der Waals surface area contributed by atoms with Gasteiger partial charge in [0.25, 0.3) is 0 Å². The van der Waals surface area contributed by atoms with Gasteiger partial charge in [-0.2, -0.15) is 0 Å². The summed E-state index contributed by atoms with van der Waals surface area (Å²) in [6, 6.07) is 0. The number of carboxylic acids is 2. The number of carbonyl (C=O) groups excluding carboxylic acids is 2. The monoisotopic (exact) mass is 221 g/mol. The fraction of sp³-hybridized carbons (Fsp3) is 0. The zero-order chi connectivity index (χ0) is 5.15. The summed E-state index contributed by atoms with van der Waals surface area (Å²) in [6.45, 7) is 0. The summed E-state index contributed by atoms with van der Waals surface area (Å²) >= 11 is 0. The maximum Gasteiger partial charge on any atom is 2.00 e. The van der Waals surface area contributed by atoms with Crippen molar-refractivity contribution in [1.82, 2.24) is 0 Å². The summed E-state index contributed by atoms with van der Waals surface area (Å²) in [6.07, 6.45) is 0. The second kappa shape index (κ2) is 8.46. The first-order chi connectivity index (χ1) is 2.64.